The van der Waals surface area contributed by atoms with Crippen LogP contribution in [0.15, 0.2) is 12.2 Å². The predicted octanol–water partition coefficient (Wildman–Crippen LogP) is 0.462. The van der Waals surface area contributed by atoms with Crippen LogP contribution in [0.1, 0.15) is 13.3 Å². The van der Waals surface area contributed by atoms with Gasteiger partial charge in [-0.2, -0.15) is 21.6 Å². The highest BCUT2D eigenvalue weighted by Crippen LogP contribution is 2.21. The molecule has 0 aromatic rings. The first-order valence-electron chi connectivity index (χ1n) is 4.42. The van der Waals surface area contributed by atoms with Crippen molar-refractivity contribution in [3.8, 4) is 0 Å². The molecule has 6 nitrogen and oxygen atoms in total. The van der Waals surface area contributed by atoms with Gasteiger partial charge in [-0.15, -0.1) is 0 Å². The van der Waals surface area contributed by atoms with Gasteiger partial charge in [0.1, 0.15) is 6.61 Å². The van der Waals surface area contributed by atoms with Crippen LogP contribution in [0.25, 0.3) is 0 Å². The minimum absolute atomic E-state index is 0.0401. The van der Waals surface area contributed by atoms with Gasteiger partial charge in [-0.05, 0) is 6.92 Å². The van der Waals surface area contributed by atoms with Gasteiger partial charge in [-0.3, -0.25) is 4.79 Å². The highest BCUT2D eigenvalue weighted by atomic mass is 32.2. The summed E-state index contributed by atoms with van der Waals surface area (Å²) >= 11 is 0. The highest BCUT2D eigenvalue weighted by molar-refractivity contribution is 7.90. The van der Waals surface area contributed by atoms with Crippen molar-refractivity contribution in [2.24, 2.45) is 0 Å². The van der Waals surface area contributed by atoms with Crippen LogP contribution in [0.3, 0.4) is 0 Å². The Morgan fingerprint density at radius 2 is 1.83 bits per heavy atom. The van der Waals surface area contributed by atoms with E-state index in [2.05, 4.69) is 11.3 Å². The number of hydrogen-bond acceptors (Lipinski definition) is 5. The molecule has 0 aromatic carbocycles. The second-order valence-electron chi connectivity index (χ2n) is 3.14. The van der Waals surface area contributed by atoms with Crippen LogP contribution >= 0.6 is 0 Å². The molecular formula is C8H10F3NO5S. The Hall–Kier alpha value is -1.58. The van der Waals surface area contributed by atoms with Crippen LogP contribution in [0, 0.1) is 0 Å². The average Bonchev–Trinajstić information content (AvgIpc) is 2.14. The average molecular weight is 289 g/mol. The van der Waals surface area contributed by atoms with Crippen LogP contribution in [0.4, 0.5) is 13.2 Å². The third-order valence-corrected chi connectivity index (χ3v) is 2.57. The van der Waals surface area contributed by atoms with Crippen LogP contribution in [0.5, 0.6) is 0 Å². The summed E-state index contributed by atoms with van der Waals surface area (Å²) in [6.45, 7) is 4.00. The lowest BCUT2D eigenvalue weighted by Crippen LogP contribution is -2.40. The van der Waals surface area contributed by atoms with Crippen molar-refractivity contribution >= 4 is 21.9 Å². The number of rotatable bonds is 5. The topological polar surface area (TPSA) is 89.5 Å². The Balaban J connectivity index is 4.23. The molecule has 10 heteroatoms. The minimum Gasteiger partial charge on any atom is -0.462 e. The molecule has 0 radical (unpaired) electrons. The summed E-state index contributed by atoms with van der Waals surface area (Å²) in [6.07, 6.45) is -0.714. The van der Waals surface area contributed by atoms with Gasteiger partial charge in [0.25, 0.3) is 0 Å². The summed E-state index contributed by atoms with van der Waals surface area (Å²) in [5, 5.41) is 0. The normalized spacial score (nSPS) is 11.8. The molecule has 0 heterocycles. The zero-order valence-electron chi connectivity index (χ0n) is 9.20. The SMILES string of the molecule is C=C(C)C(=O)OCCC(=O)NS(=O)(=O)C(F)(F)F. The Kier molecular flexibility index (Phi) is 5.33. The van der Waals surface area contributed by atoms with E-state index >= 15 is 0 Å². The lowest BCUT2D eigenvalue weighted by Gasteiger charge is -2.09. The molecule has 104 valence electrons. The molecule has 0 aromatic heterocycles. The fraction of sp³-hybridized carbons (Fsp3) is 0.500. The first-order chi connectivity index (χ1) is 7.97. The molecule has 0 aliphatic rings. The molecule has 18 heavy (non-hydrogen) atoms. The summed E-state index contributed by atoms with van der Waals surface area (Å²) < 4.78 is 61.7. The largest absolute Gasteiger partial charge is 0.516 e. The van der Waals surface area contributed by atoms with Gasteiger partial charge < -0.3 is 4.74 Å². The van der Waals surface area contributed by atoms with E-state index < -0.39 is 40.4 Å². The van der Waals surface area contributed by atoms with Crippen molar-refractivity contribution in [3.05, 3.63) is 12.2 Å². The van der Waals surface area contributed by atoms with Gasteiger partial charge >= 0.3 is 21.5 Å². The van der Waals surface area contributed by atoms with Gasteiger partial charge in [0, 0.05) is 5.57 Å². The molecule has 0 fully saturated rings. The second kappa shape index (κ2) is 5.85. The van der Waals surface area contributed by atoms with E-state index in [1.807, 2.05) is 0 Å². The summed E-state index contributed by atoms with van der Waals surface area (Å²) in [4.78, 5) is 21.7. The number of carbonyl (C=O) groups is 2. The summed E-state index contributed by atoms with van der Waals surface area (Å²) in [5.74, 6) is -2.26. The van der Waals surface area contributed by atoms with Gasteiger partial charge in [-0.1, -0.05) is 6.58 Å². The van der Waals surface area contributed by atoms with Crippen molar-refractivity contribution in [1.82, 2.24) is 4.72 Å². The van der Waals surface area contributed by atoms with Crippen LogP contribution in [-0.2, 0) is 24.3 Å². The fourth-order valence-electron chi connectivity index (χ4n) is 0.618. The van der Waals surface area contributed by atoms with E-state index in [9.17, 15) is 31.2 Å². The summed E-state index contributed by atoms with van der Waals surface area (Å²) in [6, 6.07) is 0. The molecule has 0 aliphatic heterocycles. The maximum absolute atomic E-state index is 11.9. The van der Waals surface area contributed by atoms with Crippen molar-refractivity contribution < 1.29 is 35.9 Å². The third kappa shape index (κ3) is 5.17. The molecule has 0 spiro atoms. The highest BCUT2D eigenvalue weighted by Gasteiger charge is 2.46. The number of nitrogens with one attached hydrogen (secondary N) is 1. The number of halogens is 3. The van der Waals surface area contributed by atoms with Crippen molar-refractivity contribution in [2.45, 2.75) is 18.9 Å². The molecule has 0 bridgehead atoms. The van der Waals surface area contributed by atoms with Crippen molar-refractivity contribution in [3.63, 3.8) is 0 Å². The molecular weight excluding hydrogens is 279 g/mol. The predicted molar refractivity (Wildman–Crippen MR) is 53.5 cm³/mol. The number of carbonyl (C=O) groups excluding carboxylic acids is 2. The smallest absolute Gasteiger partial charge is 0.462 e. The molecule has 0 aliphatic carbocycles. The van der Waals surface area contributed by atoms with Gasteiger partial charge in [-0.25, -0.2) is 9.52 Å². The standard InChI is InChI=1S/C8H10F3NO5S/c1-5(2)7(14)17-4-3-6(13)12-18(15,16)8(9,10)11/h1,3-4H2,2H3,(H,12,13). The van der Waals surface area contributed by atoms with E-state index in [0.717, 1.165) is 4.72 Å². The fourth-order valence-corrected chi connectivity index (χ4v) is 1.14. The monoisotopic (exact) mass is 289 g/mol. The van der Waals surface area contributed by atoms with E-state index in [0.29, 0.717) is 0 Å². The maximum Gasteiger partial charge on any atom is 0.516 e. The summed E-state index contributed by atoms with van der Waals surface area (Å²) in [5.41, 5.74) is -5.53. The number of esters is 1. The number of ether oxygens (including phenoxy) is 1. The number of amides is 1. The van der Waals surface area contributed by atoms with E-state index in [1.54, 1.807) is 0 Å². The first kappa shape index (κ1) is 16.4. The van der Waals surface area contributed by atoms with Crippen LogP contribution < -0.4 is 4.72 Å². The Bertz CT molecular complexity index is 454. The van der Waals surface area contributed by atoms with Gasteiger partial charge in [0.2, 0.25) is 5.91 Å². The number of alkyl halides is 3. The van der Waals surface area contributed by atoms with E-state index in [1.165, 1.54) is 6.92 Å². The lowest BCUT2D eigenvalue weighted by molar-refractivity contribution is -0.139. The molecule has 0 rings (SSSR count). The van der Waals surface area contributed by atoms with Crippen LogP contribution in [0.2, 0.25) is 0 Å². The Morgan fingerprint density at radius 1 is 1.33 bits per heavy atom. The van der Waals surface area contributed by atoms with E-state index in [4.69, 9.17) is 0 Å². The van der Waals surface area contributed by atoms with E-state index in [-0.39, 0.29) is 5.57 Å². The maximum atomic E-state index is 11.9. The number of hydrogen-bond donors (Lipinski definition) is 1. The molecule has 0 unspecified atom stereocenters. The van der Waals surface area contributed by atoms with Crippen LogP contribution in [-0.4, -0.2) is 32.4 Å². The minimum atomic E-state index is -5.72. The third-order valence-electron chi connectivity index (χ3n) is 1.46. The zero-order valence-corrected chi connectivity index (χ0v) is 10.0. The number of sulfonamides is 1. The van der Waals surface area contributed by atoms with Gasteiger partial charge in [0.15, 0.2) is 0 Å². The second-order valence-corrected chi connectivity index (χ2v) is 4.81. The first-order valence-corrected chi connectivity index (χ1v) is 5.90. The molecule has 0 saturated carbocycles. The Morgan fingerprint density at radius 3 is 2.22 bits per heavy atom. The molecule has 1 amide bonds. The molecule has 0 saturated heterocycles. The van der Waals surface area contributed by atoms with Crippen molar-refractivity contribution in [1.29, 1.82) is 0 Å². The van der Waals surface area contributed by atoms with Gasteiger partial charge in [0.05, 0.1) is 6.42 Å². The Labute approximate surface area is 101 Å². The lowest BCUT2D eigenvalue weighted by atomic mass is 10.3. The zero-order chi connectivity index (χ0) is 14.6. The quantitative estimate of drug-likeness (QED) is 0.586. The summed E-state index contributed by atoms with van der Waals surface area (Å²) in [7, 11) is -5.72. The molecule has 0 atom stereocenters. The molecule has 1 N–H and O–H groups in total. The van der Waals surface area contributed by atoms with Crippen molar-refractivity contribution in [2.75, 3.05) is 6.61 Å².